The second kappa shape index (κ2) is 9.01. The number of hydrogen-bond donors (Lipinski definition) is 1. The molecule has 0 aliphatic heterocycles. The van der Waals surface area contributed by atoms with Crippen LogP contribution in [-0.2, 0) is 0 Å². The number of anilines is 1. The van der Waals surface area contributed by atoms with Crippen LogP contribution < -0.4 is 14.9 Å². The largest absolute Gasteiger partial charge is 0.497 e. The molecular formula is C20H21N3O2S. The number of hydrogen-bond acceptors (Lipinski definition) is 6. The van der Waals surface area contributed by atoms with Crippen LogP contribution in [0.5, 0.6) is 11.5 Å². The first-order valence-corrected chi connectivity index (χ1v) is 9.28. The first-order valence-electron chi connectivity index (χ1n) is 8.40. The van der Waals surface area contributed by atoms with Gasteiger partial charge in [0, 0.05) is 10.9 Å². The first-order chi connectivity index (χ1) is 12.8. The fraction of sp³-hybridized carbons (Fsp3) is 0.200. The molecular weight excluding hydrogens is 346 g/mol. The van der Waals surface area contributed by atoms with Gasteiger partial charge in [0.1, 0.15) is 11.5 Å². The third-order valence-electron chi connectivity index (χ3n) is 3.62. The van der Waals surface area contributed by atoms with Crippen molar-refractivity contribution in [3.63, 3.8) is 0 Å². The normalized spacial score (nSPS) is 10.8. The summed E-state index contributed by atoms with van der Waals surface area (Å²) in [5.41, 5.74) is 5.92. The molecule has 3 aromatic rings. The minimum Gasteiger partial charge on any atom is -0.497 e. The van der Waals surface area contributed by atoms with Crippen molar-refractivity contribution < 1.29 is 9.47 Å². The second-order valence-electron chi connectivity index (χ2n) is 5.55. The minimum atomic E-state index is 0.732. The molecule has 0 atom stereocenters. The standard InChI is InChI=1S/C20H21N3O2S/c1-3-12-25-18-8-4-15(5-9-18)13-21-23-20-22-19(14-26-20)16-6-10-17(24-2)11-7-16/h4-11,13-14H,3,12H2,1-2H3,(H,22,23)/b21-13-. The topological polar surface area (TPSA) is 55.7 Å². The number of methoxy groups -OCH3 is 1. The number of benzene rings is 2. The summed E-state index contributed by atoms with van der Waals surface area (Å²) in [6, 6.07) is 15.7. The van der Waals surface area contributed by atoms with E-state index in [1.807, 2.05) is 53.9 Å². The molecule has 0 unspecified atom stereocenters. The summed E-state index contributed by atoms with van der Waals surface area (Å²) < 4.78 is 10.7. The van der Waals surface area contributed by atoms with Gasteiger partial charge in [0.05, 0.1) is 25.6 Å². The number of hydrazone groups is 1. The molecule has 0 saturated carbocycles. The molecule has 0 fully saturated rings. The zero-order chi connectivity index (χ0) is 18.2. The summed E-state index contributed by atoms with van der Waals surface area (Å²) in [6.07, 6.45) is 2.76. The molecule has 3 rings (SSSR count). The third-order valence-corrected chi connectivity index (χ3v) is 4.36. The van der Waals surface area contributed by atoms with E-state index in [-0.39, 0.29) is 0 Å². The number of aromatic nitrogens is 1. The Hall–Kier alpha value is -2.86. The van der Waals surface area contributed by atoms with Gasteiger partial charge >= 0.3 is 0 Å². The molecule has 134 valence electrons. The monoisotopic (exact) mass is 367 g/mol. The van der Waals surface area contributed by atoms with E-state index in [1.165, 1.54) is 11.3 Å². The lowest BCUT2D eigenvalue weighted by Crippen LogP contribution is -1.95. The van der Waals surface area contributed by atoms with Gasteiger partial charge in [-0.25, -0.2) is 4.98 Å². The van der Waals surface area contributed by atoms with Gasteiger partial charge in [-0.1, -0.05) is 6.92 Å². The van der Waals surface area contributed by atoms with E-state index in [4.69, 9.17) is 9.47 Å². The lowest BCUT2D eigenvalue weighted by Gasteiger charge is -2.03. The van der Waals surface area contributed by atoms with Crippen LogP contribution >= 0.6 is 11.3 Å². The maximum atomic E-state index is 5.57. The molecule has 0 bridgehead atoms. The first kappa shape index (κ1) is 17.9. The fourth-order valence-electron chi connectivity index (χ4n) is 2.25. The number of thiazole rings is 1. The molecule has 1 aromatic heterocycles. The summed E-state index contributed by atoms with van der Waals surface area (Å²) >= 11 is 1.51. The van der Waals surface area contributed by atoms with Gasteiger partial charge in [0.15, 0.2) is 0 Å². The summed E-state index contributed by atoms with van der Waals surface area (Å²) in [6.45, 7) is 2.82. The zero-order valence-electron chi connectivity index (χ0n) is 14.8. The predicted molar refractivity (Wildman–Crippen MR) is 108 cm³/mol. The summed E-state index contributed by atoms with van der Waals surface area (Å²) in [5.74, 6) is 1.71. The Morgan fingerprint density at radius 3 is 2.50 bits per heavy atom. The van der Waals surface area contributed by atoms with Gasteiger partial charge < -0.3 is 9.47 Å². The highest BCUT2D eigenvalue weighted by molar-refractivity contribution is 7.14. The second-order valence-corrected chi connectivity index (χ2v) is 6.41. The van der Waals surface area contributed by atoms with Crippen LogP contribution in [0.15, 0.2) is 59.0 Å². The van der Waals surface area contributed by atoms with Gasteiger partial charge in [-0.15, -0.1) is 11.3 Å². The number of nitrogens with zero attached hydrogens (tertiary/aromatic N) is 2. The van der Waals surface area contributed by atoms with Crippen molar-refractivity contribution in [2.45, 2.75) is 13.3 Å². The quantitative estimate of drug-likeness (QED) is 0.447. The fourth-order valence-corrected chi connectivity index (χ4v) is 2.92. The Morgan fingerprint density at radius 1 is 1.08 bits per heavy atom. The molecule has 0 spiro atoms. The highest BCUT2D eigenvalue weighted by Gasteiger charge is 2.04. The maximum absolute atomic E-state index is 5.57. The molecule has 0 aliphatic carbocycles. The van der Waals surface area contributed by atoms with E-state index in [2.05, 4.69) is 22.4 Å². The van der Waals surface area contributed by atoms with Crippen LogP contribution in [0.1, 0.15) is 18.9 Å². The van der Waals surface area contributed by atoms with Crippen LogP contribution in [0.2, 0.25) is 0 Å². The van der Waals surface area contributed by atoms with Crippen LogP contribution in [0, 0.1) is 0 Å². The van der Waals surface area contributed by atoms with E-state index in [0.29, 0.717) is 0 Å². The van der Waals surface area contributed by atoms with E-state index in [1.54, 1.807) is 13.3 Å². The third kappa shape index (κ3) is 4.83. The van der Waals surface area contributed by atoms with Gasteiger partial charge in [0.25, 0.3) is 0 Å². The Kier molecular flexibility index (Phi) is 6.22. The Bertz CT molecular complexity index is 842. The lowest BCUT2D eigenvalue weighted by atomic mass is 10.2. The molecule has 0 amide bonds. The van der Waals surface area contributed by atoms with Crippen molar-refractivity contribution in [2.75, 3.05) is 19.1 Å². The molecule has 1 heterocycles. The van der Waals surface area contributed by atoms with E-state index in [0.717, 1.165) is 46.5 Å². The summed E-state index contributed by atoms with van der Waals surface area (Å²) in [5, 5.41) is 7.00. The number of ether oxygens (including phenoxy) is 2. The van der Waals surface area contributed by atoms with Crippen LogP contribution in [0.25, 0.3) is 11.3 Å². The molecule has 6 heteroatoms. The number of nitrogens with one attached hydrogen (secondary N) is 1. The predicted octanol–water partition coefficient (Wildman–Crippen LogP) is 5.05. The van der Waals surface area contributed by atoms with Crippen molar-refractivity contribution in [1.29, 1.82) is 0 Å². The van der Waals surface area contributed by atoms with Gasteiger partial charge in [-0.3, -0.25) is 5.43 Å². The maximum Gasteiger partial charge on any atom is 0.203 e. The molecule has 1 N–H and O–H groups in total. The summed E-state index contributed by atoms with van der Waals surface area (Å²) in [7, 11) is 1.66. The molecule has 0 radical (unpaired) electrons. The Labute approximate surface area is 157 Å². The van der Waals surface area contributed by atoms with Crippen molar-refractivity contribution >= 4 is 22.7 Å². The minimum absolute atomic E-state index is 0.732. The summed E-state index contributed by atoms with van der Waals surface area (Å²) in [4.78, 5) is 4.55. The molecule has 0 saturated heterocycles. The Balaban J connectivity index is 1.57. The van der Waals surface area contributed by atoms with Crippen LogP contribution in [0.4, 0.5) is 5.13 Å². The Morgan fingerprint density at radius 2 is 1.81 bits per heavy atom. The van der Waals surface area contributed by atoms with Gasteiger partial charge in [-0.2, -0.15) is 5.10 Å². The SMILES string of the molecule is CCCOc1ccc(/C=N\Nc2nc(-c3ccc(OC)cc3)cs2)cc1. The van der Waals surface area contributed by atoms with Crippen molar-refractivity contribution in [2.24, 2.45) is 5.10 Å². The van der Waals surface area contributed by atoms with E-state index < -0.39 is 0 Å². The van der Waals surface area contributed by atoms with Gasteiger partial charge in [0.2, 0.25) is 5.13 Å². The molecule has 0 aliphatic rings. The average Bonchev–Trinajstić information content (AvgIpc) is 3.16. The van der Waals surface area contributed by atoms with Gasteiger partial charge in [-0.05, 0) is 60.5 Å². The van der Waals surface area contributed by atoms with Crippen LogP contribution in [0.3, 0.4) is 0 Å². The highest BCUT2D eigenvalue weighted by Crippen LogP contribution is 2.26. The molecule has 5 nitrogen and oxygen atoms in total. The zero-order valence-corrected chi connectivity index (χ0v) is 15.6. The highest BCUT2D eigenvalue weighted by atomic mass is 32.1. The van der Waals surface area contributed by atoms with Crippen molar-refractivity contribution in [3.05, 3.63) is 59.5 Å². The molecule has 2 aromatic carbocycles. The smallest absolute Gasteiger partial charge is 0.203 e. The van der Waals surface area contributed by atoms with E-state index >= 15 is 0 Å². The van der Waals surface area contributed by atoms with E-state index in [9.17, 15) is 0 Å². The number of rotatable bonds is 8. The van der Waals surface area contributed by atoms with Crippen LogP contribution in [-0.4, -0.2) is 24.9 Å². The van der Waals surface area contributed by atoms with Crippen molar-refractivity contribution in [1.82, 2.24) is 4.98 Å². The lowest BCUT2D eigenvalue weighted by molar-refractivity contribution is 0.317. The molecule has 26 heavy (non-hydrogen) atoms. The van der Waals surface area contributed by atoms with Crippen molar-refractivity contribution in [3.8, 4) is 22.8 Å². The average molecular weight is 367 g/mol.